The lowest BCUT2D eigenvalue weighted by atomic mass is 10.2. The van der Waals surface area contributed by atoms with E-state index in [9.17, 15) is 0 Å². The molecule has 0 aliphatic rings. The van der Waals surface area contributed by atoms with Gasteiger partial charge in [-0.3, -0.25) is 5.32 Å². The van der Waals surface area contributed by atoms with Crippen molar-refractivity contribution in [1.29, 1.82) is 0 Å². The van der Waals surface area contributed by atoms with Gasteiger partial charge in [-0.05, 0) is 49.8 Å². The highest BCUT2D eigenvalue weighted by Gasteiger charge is 2.07. The molecule has 2 aromatic rings. The van der Waals surface area contributed by atoms with Gasteiger partial charge < -0.3 is 20.1 Å². The first-order valence-corrected chi connectivity index (χ1v) is 9.21. The Morgan fingerprint density at radius 2 is 1.89 bits per heavy atom. The number of aliphatic imine (C=N–C) groups is 1. The fraction of sp³-hybridized carbons (Fsp3) is 0.368. The molecular weight excluding hydrogens is 376 g/mol. The molecule has 1 aromatic carbocycles. The van der Waals surface area contributed by atoms with E-state index in [1.165, 1.54) is 0 Å². The number of rotatable bonds is 7. The maximum atomic E-state index is 5.32. The summed E-state index contributed by atoms with van der Waals surface area (Å²) in [5.74, 6) is 1.68. The molecule has 0 saturated carbocycles. The molecule has 0 saturated heterocycles. The third-order valence-corrected chi connectivity index (χ3v) is 3.84. The minimum absolute atomic E-state index is 0.429. The zero-order valence-corrected chi connectivity index (χ0v) is 17.4. The summed E-state index contributed by atoms with van der Waals surface area (Å²) >= 11 is 5.32. The number of aromatic nitrogens is 2. The van der Waals surface area contributed by atoms with Crippen molar-refractivity contribution in [1.82, 2.24) is 20.6 Å². The predicted octanol–water partition coefficient (Wildman–Crippen LogP) is 2.18. The lowest BCUT2D eigenvalue weighted by Gasteiger charge is -2.14. The van der Waals surface area contributed by atoms with Crippen LogP contribution < -0.4 is 20.7 Å². The van der Waals surface area contributed by atoms with Crippen LogP contribution in [0, 0.1) is 13.8 Å². The standard InChI is InChI=1S/C19H26N6O2S/c1-13-10-14(2)23-18(22-13)24-17(25-19(28)20-8-9-26-3)21-12-15-6-5-7-16(11-15)27-4/h5-7,10-11H,8-9,12H2,1-4H3,(H3,20,21,22,23,24,25,28). The molecule has 2 rings (SSSR count). The summed E-state index contributed by atoms with van der Waals surface area (Å²) < 4.78 is 10.3. The second-order valence-corrected chi connectivity index (χ2v) is 6.40. The van der Waals surface area contributed by atoms with E-state index in [1.54, 1.807) is 14.2 Å². The molecular formula is C19H26N6O2S. The van der Waals surface area contributed by atoms with E-state index in [0.717, 1.165) is 22.7 Å². The Hall–Kier alpha value is -2.78. The molecule has 0 spiro atoms. The number of benzene rings is 1. The van der Waals surface area contributed by atoms with Crippen molar-refractivity contribution in [2.24, 2.45) is 4.99 Å². The van der Waals surface area contributed by atoms with Crippen LogP contribution in [-0.2, 0) is 11.3 Å². The Kier molecular flexibility index (Phi) is 8.57. The molecule has 0 amide bonds. The van der Waals surface area contributed by atoms with Gasteiger partial charge in [0, 0.05) is 25.0 Å². The number of nitrogens with one attached hydrogen (secondary N) is 3. The number of guanidine groups is 1. The van der Waals surface area contributed by atoms with Gasteiger partial charge in [-0.15, -0.1) is 0 Å². The van der Waals surface area contributed by atoms with Crippen molar-refractivity contribution in [3.8, 4) is 5.75 Å². The van der Waals surface area contributed by atoms with Crippen molar-refractivity contribution in [2.45, 2.75) is 20.4 Å². The summed E-state index contributed by atoms with van der Waals surface area (Å²) in [4.78, 5) is 13.4. The average Bonchev–Trinajstić information content (AvgIpc) is 2.65. The summed E-state index contributed by atoms with van der Waals surface area (Å²) in [7, 11) is 3.27. The Labute approximate surface area is 170 Å². The normalized spacial score (nSPS) is 11.1. The van der Waals surface area contributed by atoms with E-state index >= 15 is 0 Å². The molecule has 150 valence electrons. The lowest BCUT2D eigenvalue weighted by molar-refractivity contribution is 0.204. The number of hydrogen-bond acceptors (Lipinski definition) is 6. The van der Waals surface area contributed by atoms with Crippen LogP contribution in [0.4, 0.5) is 5.95 Å². The van der Waals surface area contributed by atoms with E-state index < -0.39 is 0 Å². The number of thiocarbonyl (C=S) groups is 1. The number of anilines is 1. The highest BCUT2D eigenvalue weighted by Crippen LogP contribution is 2.13. The minimum atomic E-state index is 0.429. The number of ether oxygens (including phenoxy) is 2. The first-order valence-electron chi connectivity index (χ1n) is 8.80. The van der Waals surface area contributed by atoms with Gasteiger partial charge >= 0.3 is 0 Å². The second-order valence-electron chi connectivity index (χ2n) is 5.99. The average molecular weight is 403 g/mol. The van der Waals surface area contributed by atoms with Gasteiger partial charge in [-0.1, -0.05) is 12.1 Å². The van der Waals surface area contributed by atoms with Crippen LogP contribution >= 0.6 is 12.2 Å². The third-order valence-electron chi connectivity index (χ3n) is 3.59. The minimum Gasteiger partial charge on any atom is -0.497 e. The van der Waals surface area contributed by atoms with Crippen molar-refractivity contribution < 1.29 is 9.47 Å². The van der Waals surface area contributed by atoms with Crippen LogP contribution in [0.5, 0.6) is 5.75 Å². The Bertz CT molecular complexity index is 808. The maximum Gasteiger partial charge on any atom is 0.229 e. The predicted molar refractivity (Wildman–Crippen MR) is 115 cm³/mol. The molecule has 0 bridgehead atoms. The summed E-state index contributed by atoms with van der Waals surface area (Å²) in [6, 6.07) is 9.63. The molecule has 0 unspecified atom stereocenters. The Morgan fingerprint density at radius 1 is 1.14 bits per heavy atom. The molecule has 0 fully saturated rings. The number of nitrogens with zero attached hydrogens (tertiary/aromatic N) is 3. The van der Waals surface area contributed by atoms with E-state index in [2.05, 4.69) is 30.9 Å². The number of aryl methyl sites for hydroxylation is 2. The van der Waals surface area contributed by atoms with E-state index in [0.29, 0.717) is 36.7 Å². The lowest BCUT2D eigenvalue weighted by Crippen LogP contribution is -2.43. The third kappa shape index (κ3) is 7.45. The second kappa shape index (κ2) is 11.2. The Balaban J connectivity index is 2.15. The summed E-state index contributed by atoms with van der Waals surface area (Å²) in [6.07, 6.45) is 0. The van der Waals surface area contributed by atoms with Gasteiger partial charge in [0.15, 0.2) is 5.11 Å². The molecule has 0 atom stereocenters. The molecule has 3 N–H and O–H groups in total. The van der Waals surface area contributed by atoms with Gasteiger partial charge in [-0.2, -0.15) is 0 Å². The first-order chi connectivity index (χ1) is 13.5. The summed E-state index contributed by atoms with van der Waals surface area (Å²) in [5, 5.41) is 9.64. The van der Waals surface area contributed by atoms with Crippen LogP contribution in [0.1, 0.15) is 17.0 Å². The molecule has 0 radical (unpaired) electrons. The van der Waals surface area contributed by atoms with Gasteiger partial charge in [-0.25, -0.2) is 15.0 Å². The molecule has 1 heterocycles. The molecule has 0 aliphatic carbocycles. The molecule has 8 nitrogen and oxygen atoms in total. The highest BCUT2D eigenvalue weighted by atomic mass is 32.1. The Morgan fingerprint density at radius 3 is 2.57 bits per heavy atom. The molecule has 0 aliphatic heterocycles. The fourth-order valence-corrected chi connectivity index (χ4v) is 2.56. The summed E-state index contributed by atoms with van der Waals surface area (Å²) in [5.41, 5.74) is 2.73. The van der Waals surface area contributed by atoms with E-state index in [1.807, 2.05) is 44.2 Å². The van der Waals surface area contributed by atoms with Crippen LogP contribution in [0.3, 0.4) is 0 Å². The first kappa shape index (κ1) is 21.5. The van der Waals surface area contributed by atoms with Crippen LogP contribution in [0.15, 0.2) is 35.3 Å². The molecule has 1 aromatic heterocycles. The number of methoxy groups -OCH3 is 2. The van der Waals surface area contributed by atoms with Crippen LogP contribution in [-0.4, -0.2) is 48.4 Å². The fourth-order valence-electron chi connectivity index (χ4n) is 2.36. The van der Waals surface area contributed by atoms with Gasteiger partial charge in [0.05, 0.1) is 20.3 Å². The maximum absolute atomic E-state index is 5.32. The topological polar surface area (TPSA) is 92.7 Å². The van der Waals surface area contributed by atoms with Gasteiger partial charge in [0.25, 0.3) is 0 Å². The van der Waals surface area contributed by atoms with Crippen molar-refractivity contribution in [2.75, 3.05) is 32.7 Å². The summed E-state index contributed by atoms with van der Waals surface area (Å²) in [6.45, 7) is 5.39. The van der Waals surface area contributed by atoms with Crippen LogP contribution in [0.25, 0.3) is 0 Å². The quantitative estimate of drug-likeness (QED) is 0.281. The van der Waals surface area contributed by atoms with Crippen molar-refractivity contribution in [3.63, 3.8) is 0 Å². The zero-order chi connectivity index (χ0) is 20.4. The number of hydrogen-bond donors (Lipinski definition) is 3. The zero-order valence-electron chi connectivity index (χ0n) is 16.6. The van der Waals surface area contributed by atoms with Gasteiger partial charge in [0.2, 0.25) is 11.9 Å². The van der Waals surface area contributed by atoms with Crippen molar-refractivity contribution in [3.05, 3.63) is 47.3 Å². The SMILES string of the molecule is COCCNC(=S)NC(=NCc1cccc(OC)c1)Nc1nc(C)cc(C)n1. The largest absolute Gasteiger partial charge is 0.497 e. The van der Waals surface area contributed by atoms with Crippen molar-refractivity contribution >= 4 is 29.2 Å². The molecule has 28 heavy (non-hydrogen) atoms. The van der Waals surface area contributed by atoms with Crippen LogP contribution in [0.2, 0.25) is 0 Å². The smallest absolute Gasteiger partial charge is 0.229 e. The molecule has 9 heteroatoms. The van der Waals surface area contributed by atoms with E-state index in [-0.39, 0.29) is 0 Å². The van der Waals surface area contributed by atoms with Gasteiger partial charge in [0.1, 0.15) is 5.75 Å². The van der Waals surface area contributed by atoms with E-state index in [4.69, 9.17) is 21.7 Å². The highest BCUT2D eigenvalue weighted by molar-refractivity contribution is 7.80. The monoisotopic (exact) mass is 402 g/mol.